The largest absolute Gasteiger partial charge is 0.461 e. The zero-order chi connectivity index (χ0) is 17.4. The summed E-state index contributed by atoms with van der Waals surface area (Å²) >= 11 is 0. The Morgan fingerprint density at radius 1 is 1.08 bits per heavy atom. The molecule has 0 aliphatic heterocycles. The van der Waals surface area contributed by atoms with Gasteiger partial charge in [-0.25, -0.2) is 0 Å². The number of hydrogen-bond donors (Lipinski definition) is 0. The molecule has 4 rings (SSSR count). The summed E-state index contributed by atoms with van der Waals surface area (Å²) in [6.07, 6.45) is 6.21. The zero-order valence-corrected chi connectivity index (χ0v) is 14.7. The highest BCUT2D eigenvalue weighted by atomic mass is 16.5. The van der Waals surface area contributed by atoms with Crippen LogP contribution in [0.2, 0.25) is 0 Å². The maximum Gasteiger partial charge on any atom is 0.308 e. The second kappa shape index (κ2) is 6.36. The number of ether oxygens (including phenoxy) is 1. The van der Waals surface area contributed by atoms with E-state index in [4.69, 9.17) is 4.74 Å². The molecular formula is C23H22O2. The molecule has 0 spiro atoms. The second-order valence-corrected chi connectivity index (χ2v) is 6.80. The first-order valence-corrected chi connectivity index (χ1v) is 8.99. The van der Waals surface area contributed by atoms with Crippen LogP contribution in [0.25, 0.3) is 27.6 Å². The fourth-order valence-corrected chi connectivity index (χ4v) is 3.69. The molecule has 0 aromatic heterocycles. The van der Waals surface area contributed by atoms with E-state index in [2.05, 4.69) is 54.6 Å². The molecule has 126 valence electrons. The van der Waals surface area contributed by atoms with E-state index in [1.54, 1.807) is 0 Å². The Labute approximate surface area is 148 Å². The molecule has 0 N–H and O–H groups in total. The molecule has 0 bridgehead atoms. The topological polar surface area (TPSA) is 26.3 Å². The summed E-state index contributed by atoms with van der Waals surface area (Å²) in [7, 11) is 0. The molecule has 25 heavy (non-hydrogen) atoms. The van der Waals surface area contributed by atoms with Gasteiger partial charge >= 0.3 is 5.97 Å². The van der Waals surface area contributed by atoms with Gasteiger partial charge in [-0.15, -0.1) is 0 Å². The first kappa shape index (κ1) is 15.9. The van der Waals surface area contributed by atoms with Gasteiger partial charge in [-0.05, 0) is 45.5 Å². The van der Waals surface area contributed by atoms with E-state index in [1.807, 2.05) is 13.8 Å². The van der Waals surface area contributed by atoms with Crippen molar-refractivity contribution in [2.45, 2.75) is 33.3 Å². The Hall–Kier alpha value is -2.61. The number of allylic oxidation sites excluding steroid dienone is 1. The van der Waals surface area contributed by atoms with Crippen molar-refractivity contribution >= 4 is 33.6 Å². The molecule has 1 aliphatic carbocycles. The Morgan fingerprint density at radius 2 is 1.84 bits per heavy atom. The number of hydrogen-bond acceptors (Lipinski definition) is 2. The molecule has 0 amide bonds. The van der Waals surface area contributed by atoms with Gasteiger partial charge in [-0.1, -0.05) is 68.5 Å². The maximum atomic E-state index is 12.2. The van der Waals surface area contributed by atoms with Crippen molar-refractivity contribution in [3.05, 3.63) is 65.2 Å². The van der Waals surface area contributed by atoms with Crippen LogP contribution in [0.1, 0.15) is 37.0 Å². The molecule has 0 radical (unpaired) electrons. The minimum Gasteiger partial charge on any atom is -0.461 e. The molecule has 0 heterocycles. The monoisotopic (exact) mass is 330 g/mol. The summed E-state index contributed by atoms with van der Waals surface area (Å²) in [5, 5.41) is 4.91. The van der Waals surface area contributed by atoms with Gasteiger partial charge in [0.2, 0.25) is 0 Å². The molecule has 1 unspecified atom stereocenters. The number of rotatable bonds is 4. The summed E-state index contributed by atoms with van der Waals surface area (Å²) in [6, 6.07) is 14.9. The Kier molecular flexibility index (Phi) is 4.04. The van der Waals surface area contributed by atoms with Crippen molar-refractivity contribution in [3.8, 4) is 0 Å². The van der Waals surface area contributed by atoms with Crippen LogP contribution in [0, 0.1) is 5.92 Å². The van der Waals surface area contributed by atoms with Crippen molar-refractivity contribution < 1.29 is 9.53 Å². The molecule has 1 atom stereocenters. The Bertz CT molecular complexity index is 998. The number of esters is 1. The van der Waals surface area contributed by atoms with Crippen molar-refractivity contribution in [3.63, 3.8) is 0 Å². The summed E-state index contributed by atoms with van der Waals surface area (Å²) in [4.78, 5) is 12.2. The number of benzene rings is 3. The molecule has 0 saturated heterocycles. The SMILES string of the molecule is CCC(C)C(=O)OCc1c2ccccc2c2c3c(cccc13)CC=C2. The lowest BCUT2D eigenvalue weighted by Gasteiger charge is -2.20. The highest BCUT2D eigenvalue weighted by Crippen LogP contribution is 2.38. The fourth-order valence-electron chi connectivity index (χ4n) is 3.69. The van der Waals surface area contributed by atoms with Crippen molar-refractivity contribution in [2.24, 2.45) is 5.92 Å². The lowest BCUT2D eigenvalue weighted by atomic mass is 9.86. The molecule has 2 heteroatoms. The van der Waals surface area contributed by atoms with E-state index in [9.17, 15) is 4.79 Å². The normalized spacial score (nSPS) is 14.0. The molecule has 3 aromatic carbocycles. The smallest absolute Gasteiger partial charge is 0.308 e. The predicted octanol–water partition coefficient (Wildman–Crippen LogP) is 5.65. The van der Waals surface area contributed by atoms with Crippen LogP contribution in [-0.2, 0) is 22.6 Å². The predicted molar refractivity (Wildman–Crippen MR) is 103 cm³/mol. The first-order valence-electron chi connectivity index (χ1n) is 8.99. The second-order valence-electron chi connectivity index (χ2n) is 6.80. The number of carbonyl (C=O) groups excluding carboxylic acids is 1. The Morgan fingerprint density at radius 3 is 2.64 bits per heavy atom. The summed E-state index contributed by atoms with van der Waals surface area (Å²) < 4.78 is 5.67. The third kappa shape index (κ3) is 2.62. The minimum absolute atomic E-state index is 0.0609. The molecule has 3 aromatic rings. The summed E-state index contributed by atoms with van der Waals surface area (Å²) in [6.45, 7) is 4.26. The van der Waals surface area contributed by atoms with Crippen LogP contribution < -0.4 is 0 Å². The van der Waals surface area contributed by atoms with Gasteiger partial charge in [-0.2, -0.15) is 0 Å². The van der Waals surface area contributed by atoms with E-state index >= 15 is 0 Å². The van der Waals surface area contributed by atoms with Crippen LogP contribution in [0.4, 0.5) is 0 Å². The number of carbonyl (C=O) groups is 1. The standard InChI is InChI=1S/C23H22O2/c1-3-15(2)23(24)25-14-21-18-11-5-4-10-17(18)19-12-6-8-16-9-7-13-20(21)22(16)19/h4-7,9-13,15H,3,8,14H2,1-2H3. The fraction of sp³-hybridized carbons (Fsp3) is 0.261. The van der Waals surface area contributed by atoms with Crippen molar-refractivity contribution in [1.29, 1.82) is 0 Å². The zero-order valence-electron chi connectivity index (χ0n) is 14.7. The van der Waals surface area contributed by atoms with Crippen LogP contribution in [0.15, 0.2) is 48.5 Å². The highest BCUT2D eigenvalue weighted by Gasteiger charge is 2.18. The van der Waals surface area contributed by atoms with Crippen LogP contribution in [0.3, 0.4) is 0 Å². The van der Waals surface area contributed by atoms with Gasteiger partial charge in [0.25, 0.3) is 0 Å². The van der Waals surface area contributed by atoms with Gasteiger partial charge in [-0.3, -0.25) is 4.79 Å². The van der Waals surface area contributed by atoms with Crippen molar-refractivity contribution in [2.75, 3.05) is 0 Å². The van der Waals surface area contributed by atoms with E-state index < -0.39 is 0 Å². The van der Waals surface area contributed by atoms with E-state index in [1.165, 1.54) is 32.7 Å². The minimum atomic E-state index is -0.119. The van der Waals surface area contributed by atoms with Gasteiger partial charge in [0, 0.05) is 5.56 Å². The third-order valence-corrected chi connectivity index (χ3v) is 5.28. The van der Waals surface area contributed by atoms with E-state index in [0.717, 1.165) is 18.4 Å². The number of fused-ring (bicyclic) bond motifs is 2. The molecule has 0 saturated carbocycles. The van der Waals surface area contributed by atoms with Gasteiger partial charge in [0.15, 0.2) is 0 Å². The Balaban J connectivity index is 1.92. The van der Waals surface area contributed by atoms with Crippen LogP contribution in [0.5, 0.6) is 0 Å². The maximum absolute atomic E-state index is 12.2. The molecule has 1 aliphatic rings. The van der Waals surface area contributed by atoms with Crippen LogP contribution >= 0.6 is 0 Å². The van der Waals surface area contributed by atoms with Crippen LogP contribution in [-0.4, -0.2) is 5.97 Å². The average Bonchev–Trinajstić information content (AvgIpc) is 2.67. The molecular weight excluding hydrogens is 308 g/mol. The first-order chi connectivity index (χ1) is 12.2. The average molecular weight is 330 g/mol. The lowest BCUT2D eigenvalue weighted by molar-refractivity contribution is -0.149. The van der Waals surface area contributed by atoms with Crippen molar-refractivity contribution in [1.82, 2.24) is 0 Å². The van der Waals surface area contributed by atoms with Gasteiger partial charge in [0.05, 0.1) is 5.92 Å². The summed E-state index contributed by atoms with van der Waals surface area (Å²) in [5.41, 5.74) is 3.74. The van der Waals surface area contributed by atoms with Gasteiger partial charge in [0.1, 0.15) is 6.61 Å². The van der Waals surface area contributed by atoms with Gasteiger partial charge < -0.3 is 4.74 Å². The molecule has 2 nitrogen and oxygen atoms in total. The third-order valence-electron chi connectivity index (χ3n) is 5.28. The lowest BCUT2D eigenvalue weighted by Crippen LogP contribution is -2.14. The molecule has 0 fully saturated rings. The highest BCUT2D eigenvalue weighted by molar-refractivity contribution is 6.11. The summed E-state index contributed by atoms with van der Waals surface area (Å²) in [5.74, 6) is -0.180. The van der Waals surface area contributed by atoms with E-state index in [0.29, 0.717) is 6.61 Å². The quantitative estimate of drug-likeness (QED) is 0.456. The van der Waals surface area contributed by atoms with E-state index in [-0.39, 0.29) is 11.9 Å².